The second-order valence-corrected chi connectivity index (χ2v) is 8.36. The van der Waals surface area contributed by atoms with Crippen LogP contribution in [0.15, 0.2) is 73.2 Å². The van der Waals surface area contributed by atoms with Crippen molar-refractivity contribution in [2.24, 2.45) is 11.7 Å². The number of H-pyrrole nitrogens is 1. The van der Waals surface area contributed by atoms with Crippen LogP contribution in [0.3, 0.4) is 0 Å². The minimum absolute atomic E-state index is 0.205. The molecule has 1 unspecified atom stereocenters. The number of nitrogens with one attached hydrogen (secondary N) is 1. The van der Waals surface area contributed by atoms with E-state index < -0.39 is 0 Å². The maximum absolute atomic E-state index is 9.83. The topological polar surface area (TPSA) is 91.1 Å². The van der Waals surface area contributed by atoms with Crippen LogP contribution in [0.1, 0.15) is 30.3 Å². The molecular weight excluding hydrogens is 386 g/mol. The third-order valence-corrected chi connectivity index (χ3v) is 6.42. The van der Waals surface area contributed by atoms with E-state index in [0.717, 1.165) is 52.1 Å². The quantitative estimate of drug-likeness (QED) is 0.471. The molecule has 6 rings (SSSR count). The lowest BCUT2D eigenvalue weighted by molar-refractivity contribution is 0.0664. The average molecular weight is 409 g/mol. The molecule has 1 saturated carbocycles. The fourth-order valence-corrected chi connectivity index (χ4v) is 4.63. The lowest BCUT2D eigenvalue weighted by Gasteiger charge is -2.39. The van der Waals surface area contributed by atoms with Gasteiger partial charge in [-0.1, -0.05) is 18.2 Å². The Morgan fingerprint density at radius 2 is 1.90 bits per heavy atom. The number of aliphatic hydroxyl groups is 1. The summed E-state index contributed by atoms with van der Waals surface area (Å²) in [6, 6.07) is 18.2. The van der Waals surface area contributed by atoms with Crippen LogP contribution in [-0.2, 0) is 0 Å². The summed E-state index contributed by atoms with van der Waals surface area (Å²) in [4.78, 5) is 14.8. The van der Waals surface area contributed by atoms with Crippen LogP contribution < -0.4 is 10.6 Å². The Balaban J connectivity index is 1.42. The number of hydrogen-bond donors (Lipinski definition) is 3. The number of aromatic nitrogens is 3. The van der Waals surface area contributed by atoms with Gasteiger partial charge in [0, 0.05) is 40.9 Å². The first-order chi connectivity index (χ1) is 15.2. The molecule has 0 spiro atoms. The normalized spacial score (nSPS) is 22.7. The molecule has 0 saturated heterocycles. The van der Waals surface area contributed by atoms with Gasteiger partial charge in [0.15, 0.2) is 0 Å². The van der Waals surface area contributed by atoms with E-state index in [9.17, 15) is 5.11 Å². The molecule has 4 aromatic rings. The largest absolute Gasteiger partial charge is 0.393 e. The highest BCUT2D eigenvalue weighted by Crippen LogP contribution is 2.44. The Kier molecular flexibility index (Phi) is 4.16. The van der Waals surface area contributed by atoms with Crippen molar-refractivity contribution in [3.8, 4) is 11.4 Å². The van der Waals surface area contributed by atoms with E-state index in [2.05, 4.69) is 45.3 Å². The van der Waals surface area contributed by atoms with E-state index in [0.29, 0.717) is 5.92 Å². The zero-order valence-corrected chi connectivity index (χ0v) is 16.9. The molecule has 1 aliphatic carbocycles. The fraction of sp³-hybridized carbons (Fsp3) is 0.200. The number of hydrogen-bond acceptors (Lipinski definition) is 5. The molecule has 2 aliphatic rings. The number of nitrogens with zero attached hydrogens (tertiary/aromatic N) is 3. The van der Waals surface area contributed by atoms with E-state index in [1.165, 1.54) is 5.57 Å². The molecule has 154 valence electrons. The summed E-state index contributed by atoms with van der Waals surface area (Å²) >= 11 is 0. The molecule has 3 aromatic heterocycles. The van der Waals surface area contributed by atoms with Gasteiger partial charge >= 0.3 is 0 Å². The first-order valence-electron chi connectivity index (χ1n) is 10.6. The molecule has 31 heavy (non-hydrogen) atoms. The molecule has 1 atom stereocenters. The van der Waals surface area contributed by atoms with Crippen molar-refractivity contribution >= 4 is 22.2 Å². The number of rotatable bonds is 3. The maximum Gasteiger partial charge on any atom is 0.109 e. The highest BCUT2D eigenvalue weighted by Gasteiger charge is 2.36. The number of aromatic amines is 1. The third kappa shape index (κ3) is 3.03. The summed E-state index contributed by atoms with van der Waals surface area (Å²) in [6.45, 7) is 0. The molecule has 6 heteroatoms. The Labute approximate surface area is 180 Å². The van der Waals surface area contributed by atoms with Gasteiger partial charge in [0.25, 0.3) is 0 Å². The Bertz CT molecular complexity index is 1290. The van der Waals surface area contributed by atoms with Gasteiger partial charge in [-0.3, -0.25) is 4.98 Å². The van der Waals surface area contributed by atoms with Crippen LogP contribution in [-0.4, -0.2) is 26.2 Å². The second kappa shape index (κ2) is 7.04. The Morgan fingerprint density at radius 3 is 2.71 bits per heavy atom. The smallest absolute Gasteiger partial charge is 0.109 e. The monoisotopic (exact) mass is 409 g/mol. The molecule has 4 N–H and O–H groups in total. The number of fused-ring (bicyclic) bond motifs is 2. The van der Waals surface area contributed by atoms with Crippen LogP contribution in [0.4, 0.5) is 5.69 Å². The van der Waals surface area contributed by atoms with E-state index in [4.69, 9.17) is 10.7 Å². The van der Waals surface area contributed by atoms with Crippen molar-refractivity contribution in [2.75, 3.05) is 4.90 Å². The molecular formula is C25H23N5O. The lowest BCUT2D eigenvalue weighted by atomic mass is 9.75. The second-order valence-electron chi connectivity index (χ2n) is 8.36. The molecule has 1 aromatic carbocycles. The fourth-order valence-electron chi connectivity index (χ4n) is 4.63. The van der Waals surface area contributed by atoms with Crippen LogP contribution in [0, 0.1) is 5.92 Å². The van der Waals surface area contributed by atoms with Gasteiger partial charge in [-0.2, -0.15) is 0 Å². The van der Waals surface area contributed by atoms with Crippen molar-refractivity contribution < 1.29 is 5.11 Å². The van der Waals surface area contributed by atoms with Gasteiger partial charge in [-0.25, -0.2) is 4.98 Å². The van der Waals surface area contributed by atoms with E-state index in [1.54, 1.807) is 6.20 Å². The Hall–Kier alpha value is -3.48. The van der Waals surface area contributed by atoms with Crippen LogP contribution in [0.25, 0.3) is 27.9 Å². The predicted octanol–water partition coefficient (Wildman–Crippen LogP) is 4.21. The zero-order valence-electron chi connectivity index (χ0n) is 16.9. The molecule has 1 fully saturated rings. The number of aliphatic hydroxyl groups excluding tert-OH is 1. The van der Waals surface area contributed by atoms with Gasteiger partial charge in [-0.15, -0.1) is 0 Å². The molecule has 4 heterocycles. The first-order valence-corrected chi connectivity index (χ1v) is 10.6. The number of pyridine rings is 2. The summed E-state index contributed by atoms with van der Waals surface area (Å²) < 4.78 is 0. The number of anilines is 1. The van der Waals surface area contributed by atoms with E-state index in [1.807, 2.05) is 36.5 Å². The summed E-state index contributed by atoms with van der Waals surface area (Å²) in [6.07, 6.45) is 6.96. The molecule has 0 amide bonds. The summed E-state index contributed by atoms with van der Waals surface area (Å²) in [5.41, 5.74) is 13.6. The van der Waals surface area contributed by atoms with Crippen molar-refractivity contribution in [1.29, 1.82) is 0 Å². The number of benzene rings is 1. The van der Waals surface area contributed by atoms with Crippen molar-refractivity contribution in [2.45, 2.75) is 25.1 Å². The maximum atomic E-state index is 9.83. The average Bonchev–Trinajstić information content (AvgIpc) is 3.28. The first kappa shape index (κ1) is 18.3. The molecule has 0 bridgehead atoms. The summed E-state index contributed by atoms with van der Waals surface area (Å²) in [5.74, 6) is 0.344. The van der Waals surface area contributed by atoms with Crippen LogP contribution in [0.2, 0.25) is 0 Å². The van der Waals surface area contributed by atoms with E-state index >= 15 is 0 Å². The SMILES string of the molecule is NC1c2cc[nH]c2C(C2CC(O)C2)=CN1c1ccc2ccc(-c3ccccn3)nc2c1. The number of allylic oxidation sites excluding steroid dienone is 1. The van der Waals surface area contributed by atoms with Crippen LogP contribution in [0.5, 0.6) is 0 Å². The molecule has 0 radical (unpaired) electrons. The van der Waals surface area contributed by atoms with Gasteiger partial charge < -0.3 is 20.7 Å². The standard InChI is InChI=1S/C25H23N5O/c26-25-19-8-10-28-24(19)20(16-11-18(31)12-16)14-30(25)17-6-4-15-5-7-22(29-23(15)13-17)21-3-1-2-9-27-21/h1-10,13-14,16,18,25,28,31H,11-12,26H2. The highest BCUT2D eigenvalue weighted by molar-refractivity contribution is 5.86. The van der Waals surface area contributed by atoms with Gasteiger partial charge in [-0.05, 0) is 60.7 Å². The van der Waals surface area contributed by atoms with Crippen molar-refractivity contribution in [3.63, 3.8) is 0 Å². The third-order valence-electron chi connectivity index (χ3n) is 6.42. The summed E-state index contributed by atoms with van der Waals surface area (Å²) in [7, 11) is 0. The minimum Gasteiger partial charge on any atom is -0.393 e. The summed E-state index contributed by atoms with van der Waals surface area (Å²) in [5, 5.41) is 10.9. The lowest BCUT2D eigenvalue weighted by Crippen LogP contribution is -2.37. The molecule has 6 nitrogen and oxygen atoms in total. The van der Waals surface area contributed by atoms with Gasteiger partial charge in [0.05, 0.1) is 23.0 Å². The van der Waals surface area contributed by atoms with Crippen molar-refractivity contribution in [3.05, 3.63) is 84.4 Å². The van der Waals surface area contributed by atoms with Crippen molar-refractivity contribution in [1.82, 2.24) is 15.0 Å². The predicted molar refractivity (Wildman–Crippen MR) is 122 cm³/mol. The zero-order chi connectivity index (χ0) is 20.9. The number of nitrogens with two attached hydrogens (primary N) is 1. The van der Waals surface area contributed by atoms with E-state index in [-0.39, 0.29) is 12.3 Å². The van der Waals surface area contributed by atoms with Gasteiger partial charge in [0.2, 0.25) is 0 Å². The molecule has 1 aliphatic heterocycles. The van der Waals surface area contributed by atoms with Crippen LogP contribution >= 0.6 is 0 Å². The minimum atomic E-state index is -0.286. The Morgan fingerprint density at radius 1 is 1.03 bits per heavy atom. The highest BCUT2D eigenvalue weighted by atomic mass is 16.3. The van der Waals surface area contributed by atoms with Gasteiger partial charge in [0.1, 0.15) is 6.17 Å².